The fraction of sp³-hybridized carbons (Fsp3) is 0.472. The molecule has 9 heteroatoms. The molecular formula is C36H45N5O3S. The number of pyridine rings is 1. The second kappa shape index (κ2) is 16.6. The number of nitrogens with zero attached hydrogens (tertiary/aromatic N) is 5. The van der Waals surface area contributed by atoms with E-state index >= 15 is 0 Å². The largest absolute Gasteiger partial charge is 0.487 e. The molecule has 0 spiro atoms. The number of aryl methyl sites for hydroxylation is 1. The average Bonchev–Trinajstić information content (AvgIpc) is 3.46. The van der Waals surface area contributed by atoms with E-state index < -0.39 is 0 Å². The van der Waals surface area contributed by atoms with Gasteiger partial charge in [0, 0.05) is 55.7 Å². The van der Waals surface area contributed by atoms with Crippen LogP contribution in [0.25, 0.3) is 5.69 Å². The molecule has 1 aromatic carbocycles. The van der Waals surface area contributed by atoms with E-state index in [1.165, 1.54) is 6.42 Å². The lowest BCUT2D eigenvalue weighted by molar-refractivity contribution is -0.142. The van der Waals surface area contributed by atoms with Gasteiger partial charge in [0.15, 0.2) is 11.8 Å². The SMILES string of the molecule is Cc1cc(OCc2cnc(SC3C=CCCC3)n2-c2cccnc2)ccc1C#CCOC(=O)CCCN1CCN(C(C)C)CC1. The van der Waals surface area contributed by atoms with Gasteiger partial charge in [-0.05, 0) is 88.9 Å². The summed E-state index contributed by atoms with van der Waals surface area (Å²) < 4.78 is 13.7. The Labute approximate surface area is 272 Å². The van der Waals surface area contributed by atoms with E-state index in [1.54, 1.807) is 18.0 Å². The van der Waals surface area contributed by atoms with Crippen molar-refractivity contribution in [3.05, 3.63) is 77.9 Å². The van der Waals surface area contributed by atoms with Gasteiger partial charge in [-0.25, -0.2) is 4.98 Å². The maximum atomic E-state index is 12.2. The Bertz CT molecular complexity index is 1490. The van der Waals surface area contributed by atoms with Crippen LogP contribution in [0.5, 0.6) is 5.75 Å². The zero-order chi connectivity index (χ0) is 31.4. The number of hydrogen-bond donors (Lipinski definition) is 0. The van der Waals surface area contributed by atoms with Crippen molar-refractivity contribution >= 4 is 17.7 Å². The maximum absolute atomic E-state index is 12.2. The second-order valence-corrected chi connectivity index (χ2v) is 13.1. The predicted octanol–water partition coefficient (Wildman–Crippen LogP) is 6.06. The van der Waals surface area contributed by atoms with Crippen LogP contribution in [-0.4, -0.2) is 80.9 Å². The highest BCUT2D eigenvalue weighted by Gasteiger charge is 2.20. The highest BCUT2D eigenvalue weighted by Crippen LogP contribution is 2.32. The summed E-state index contributed by atoms with van der Waals surface area (Å²) in [6.07, 6.45) is 14.8. The zero-order valence-electron chi connectivity index (χ0n) is 26.8. The molecule has 2 aliphatic rings. The number of ether oxygens (including phenoxy) is 2. The third-order valence-corrected chi connectivity index (χ3v) is 9.47. The molecule has 238 valence electrons. The molecule has 8 nitrogen and oxygen atoms in total. The van der Waals surface area contributed by atoms with Crippen molar-refractivity contribution in [2.24, 2.45) is 0 Å². The summed E-state index contributed by atoms with van der Waals surface area (Å²) in [5.74, 6) is 6.71. The van der Waals surface area contributed by atoms with E-state index in [9.17, 15) is 4.79 Å². The second-order valence-electron chi connectivity index (χ2n) is 11.9. The van der Waals surface area contributed by atoms with Crippen LogP contribution >= 0.6 is 11.8 Å². The predicted molar refractivity (Wildman–Crippen MR) is 180 cm³/mol. The van der Waals surface area contributed by atoms with Gasteiger partial charge in [-0.1, -0.05) is 35.8 Å². The van der Waals surface area contributed by atoms with Crippen LogP contribution in [-0.2, 0) is 16.1 Å². The number of carbonyl (C=O) groups excluding carboxylic acids is 1. The molecule has 1 saturated heterocycles. The van der Waals surface area contributed by atoms with Crippen LogP contribution in [0.1, 0.15) is 62.8 Å². The number of thioether (sulfide) groups is 1. The molecule has 45 heavy (non-hydrogen) atoms. The number of aromatic nitrogens is 3. The third kappa shape index (κ3) is 9.70. The van der Waals surface area contributed by atoms with Crippen LogP contribution < -0.4 is 4.74 Å². The number of rotatable bonds is 12. The van der Waals surface area contributed by atoms with E-state index in [1.807, 2.05) is 49.6 Å². The fourth-order valence-electron chi connectivity index (χ4n) is 5.62. The Hall–Kier alpha value is -3.58. The number of benzene rings is 1. The van der Waals surface area contributed by atoms with Gasteiger partial charge >= 0.3 is 5.97 Å². The Morgan fingerprint density at radius 1 is 1.16 bits per heavy atom. The minimum atomic E-state index is -0.187. The molecule has 0 amide bonds. The Balaban J connectivity index is 1.09. The van der Waals surface area contributed by atoms with Gasteiger partial charge in [0.25, 0.3) is 0 Å². The van der Waals surface area contributed by atoms with Gasteiger partial charge in [-0.15, -0.1) is 0 Å². The first-order valence-corrected chi connectivity index (χ1v) is 17.0. The van der Waals surface area contributed by atoms with Gasteiger partial charge in [-0.3, -0.25) is 19.2 Å². The smallest absolute Gasteiger partial charge is 0.306 e. The first-order valence-electron chi connectivity index (χ1n) is 16.1. The van der Waals surface area contributed by atoms with Crippen LogP contribution in [0.2, 0.25) is 0 Å². The molecule has 1 fully saturated rings. The molecule has 2 aromatic heterocycles. The highest BCUT2D eigenvalue weighted by molar-refractivity contribution is 7.99. The highest BCUT2D eigenvalue weighted by atomic mass is 32.2. The summed E-state index contributed by atoms with van der Waals surface area (Å²) in [5.41, 5.74) is 3.82. The average molecular weight is 628 g/mol. The van der Waals surface area contributed by atoms with Crippen LogP contribution in [0.15, 0.2) is 66.2 Å². The lowest BCUT2D eigenvalue weighted by Crippen LogP contribution is -2.48. The third-order valence-electron chi connectivity index (χ3n) is 8.28. The van der Waals surface area contributed by atoms with Gasteiger partial charge < -0.3 is 14.4 Å². The summed E-state index contributed by atoms with van der Waals surface area (Å²) in [7, 11) is 0. The monoisotopic (exact) mass is 627 g/mol. The van der Waals surface area contributed by atoms with Crippen molar-refractivity contribution in [2.75, 3.05) is 39.3 Å². The zero-order valence-corrected chi connectivity index (χ0v) is 27.6. The maximum Gasteiger partial charge on any atom is 0.306 e. The number of imidazole rings is 1. The Morgan fingerprint density at radius 2 is 2.02 bits per heavy atom. The van der Waals surface area contributed by atoms with E-state index in [-0.39, 0.29) is 12.6 Å². The molecule has 3 aromatic rings. The van der Waals surface area contributed by atoms with Crippen molar-refractivity contribution in [3.63, 3.8) is 0 Å². The molecule has 0 bridgehead atoms. The van der Waals surface area contributed by atoms with Gasteiger partial charge in [0.05, 0.1) is 23.8 Å². The van der Waals surface area contributed by atoms with Crippen LogP contribution in [0.3, 0.4) is 0 Å². The molecule has 1 unspecified atom stereocenters. The summed E-state index contributed by atoms with van der Waals surface area (Å²) in [4.78, 5) is 26.2. The number of esters is 1. The Kier molecular flexibility index (Phi) is 12.1. The molecule has 3 heterocycles. The quantitative estimate of drug-likeness (QED) is 0.136. The van der Waals surface area contributed by atoms with Crippen molar-refractivity contribution in [3.8, 4) is 23.3 Å². The van der Waals surface area contributed by atoms with Crippen LogP contribution in [0, 0.1) is 18.8 Å². The van der Waals surface area contributed by atoms with E-state index in [2.05, 4.69) is 57.2 Å². The number of carbonyl (C=O) groups is 1. The van der Waals surface area contributed by atoms with Crippen molar-refractivity contribution in [1.82, 2.24) is 24.3 Å². The lowest BCUT2D eigenvalue weighted by Gasteiger charge is -2.36. The minimum Gasteiger partial charge on any atom is -0.487 e. The van der Waals surface area contributed by atoms with Gasteiger partial charge in [0.2, 0.25) is 0 Å². The molecular weight excluding hydrogens is 582 g/mol. The van der Waals surface area contributed by atoms with Crippen molar-refractivity contribution < 1.29 is 14.3 Å². The van der Waals surface area contributed by atoms with E-state index in [0.29, 0.717) is 24.3 Å². The normalized spacial score (nSPS) is 17.2. The molecule has 1 aliphatic carbocycles. The summed E-state index contributed by atoms with van der Waals surface area (Å²) in [6, 6.07) is 10.5. The standard InChI is InChI=1S/C36H45N5O3S/c1-28(2)40-21-19-39(20-22-40)18-8-14-35(42)43-23-9-10-30-15-16-33(24-29(30)3)44-27-32-26-38-36(45-34-12-5-4-6-13-34)41(32)31-11-7-17-37-25-31/h5,7,11-12,15-17,24-26,28,34H,4,6,8,13-14,18-23,27H2,1-3H3. The van der Waals surface area contributed by atoms with Crippen molar-refractivity contribution in [2.45, 2.75) is 75.9 Å². The summed E-state index contributed by atoms with van der Waals surface area (Å²) >= 11 is 1.79. The van der Waals surface area contributed by atoms with Gasteiger partial charge in [-0.2, -0.15) is 0 Å². The van der Waals surface area contributed by atoms with Crippen LogP contribution in [0.4, 0.5) is 0 Å². The lowest BCUT2D eigenvalue weighted by atomic mass is 10.1. The molecule has 0 saturated carbocycles. The number of hydrogen-bond acceptors (Lipinski definition) is 8. The van der Waals surface area contributed by atoms with E-state index in [0.717, 1.165) is 85.4 Å². The van der Waals surface area contributed by atoms with E-state index in [4.69, 9.17) is 14.5 Å². The summed E-state index contributed by atoms with van der Waals surface area (Å²) in [5, 5.41) is 1.37. The van der Waals surface area contributed by atoms with Crippen molar-refractivity contribution in [1.29, 1.82) is 0 Å². The number of allylic oxidation sites excluding steroid dienone is 1. The fourth-order valence-corrected chi connectivity index (χ4v) is 6.81. The van der Waals surface area contributed by atoms with Gasteiger partial charge in [0.1, 0.15) is 12.4 Å². The molecule has 0 N–H and O–H groups in total. The Morgan fingerprint density at radius 3 is 2.76 bits per heavy atom. The first kappa shape index (κ1) is 32.8. The molecule has 1 aliphatic heterocycles. The topological polar surface area (TPSA) is 72.7 Å². The number of piperazine rings is 1. The molecule has 5 rings (SSSR count). The molecule has 1 atom stereocenters. The molecule has 0 radical (unpaired) electrons. The first-order chi connectivity index (χ1) is 22.0. The summed E-state index contributed by atoms with van der Waals surface area (Å²) in [6.45, 7) is 12.2. The minimum absolute atomic E-state index is 0.0961.